The molecule has 0 radical (unpaired) electrons. The van der Waals surface area contributed by atoms with E-state index in [1.54, 1.807) is 36.4 Å². The first-order valence-corrected chi connectivity index (χ1v) is 12.1. The summed E-state index contributed by atoms with van der Waals surface area (Å²) in [4.78, 5) is 28.4. The Morgan fingerprint density at radius 2 is 1.75 bits per heavy atom. The van der Waals surface area contributed by atoms with Gasteiger partial charge in [-0.05, 0) is 55.2 Å². The maximum atomic E-state index is 13.5. The molecule has 1 N–H and O–H groups in total. The number of carbonyl (C=O) groups is 2. The quantitative estimate of drug-likeness (QED) is 0.247. The Morgan fingerprint density at radius 1 is 1.03 bits per heavy atom. The van der Waals surface area contributed by atoms with Crippen molar-refractivity contribution in [3.05, 3.63) is 94.6 Å². The first kappa shape index (κ1) is 25.0. The number of aliphatic hydroxyl groups excluding tert-OH is 1. The molecule has 0 spiro atoms. The zero-order chi connectivity index (χ0) is 26.0. The van der Waals surface area contributed by atoms with E-state index in [2.05, 4.69) is 13.8 Å². The van der Waals surface area contributed by atoms with Crippen molar-refractivity contribution in [2.75, 3.05) is 18.6 Å². The average molecular weight is 486 g/mol. The highest BCUT2D eigenvalue weighted by Crippen LogP contribution is 2.44. The Balaban J connectivity index is 1.96. The second kappa shape index (κ2) is 10.3. The Bertz CT molecular complexity index is 1320. The summed E-state index contributed by atoms with van der Waals surface area (Å²) in [5.41, 5.74) is 3.62. The van der Waals surface area contributed by atoms with Gasteiger partial charge >= 0.3 is 0 Å². The molecule has 0 bridgehead atoms. The summed E-state index contributed by atoms with van der Waals surface area (Å²) in [6, 6.07) is 19.4. The lowest BCUT2D eigenvalue weighted by molar-refractivity contribution is -0.132. The third kappa shape index (κ3) is 4.59. The summed E-state index contributed by atoms with van der Waals surface area (Å²) >= 11 is 0. The Labute approximate surface area is 211 Å². The minimum Gasteiger partial charge on any atom is -0.507 e. The summed E-state index contributed by atoms with van der Waals surface area (Å²) in [5, 5.41) is 11.5. The molecule has 6 nitrogen and oxygen atoms in total. The van der Waals surface area contributed by atoms with Crippen LogP contribution in [0.4, 0.5) is 5.69 Å². The van der Waals surface area contributed by atoms with Crippen LogP contribution in [0, 0.1) is 6.92 Å². The molecule has 0 aromatic heterocycles. The number of ketones is 1. The van der Waals surface area contributed by atoms with Gasteiger partial charge in [0.25, 0.3) is 11.7 Å². The molecule has 1 unspecified atom stereocenters. The first-order chi connectivity index (χ1) is 17.3. The average Bonchev–Trinajstić information content (AvgIpc) is 3.14. The number of rotatable bonds is 7. The highest BCUT2D eigenvalue weighted by atomic mass is 16.5. The largest absolute Gasteiger partial charge is 0.507 e. The molecule has 1 aliphatic heterocycles. The number of amides is 1. The van der Waals surface area contributed by atoms with Crippen LogP contribution in [0.3, 0.4) is 0 Å². The maximum absolute atomic E-state index is 13.5. The Kier molecular flexibility index (Phi) is 7.15. The van der Waals surface area contributed by atoms with Crippen LogP contribution >= 0.6 is 0 Å². The van der Waals surface area contributed by atoms with Gasteiger partial charge in [-0.3, -0.25) is 14.5 Å². The molecule has 4 rings (SSSR count). The third-order valence-electron chi connectivity index (χ3n) is 6.38. The third-order valence-corrected chi connectivity index (χ3v) is 6.38. The van der Waals surface area contributed by atoms with Gasteiger partial charge in [0, 0.05) is 11.8 Å². The molecule has 0 aliphatic carbocycles. The molecule has 1 saturated heterocycles. The van der Waals surface area contributed by atoms with Crippen LogP contribution in [0.15, 0.2) is 72.3 Å². The molecule has 3 aromatic carbocycles. The number of carbonyl (C=O) groups excluding carboxylic acids is 2. The van der Waals surface area contributed by atoms with Crippen LogP contribution in [0.1, 0.15) is 55.0 Å². The second-order valence-electron chi connectivity index (χ2n) is 9.12. The number of aliphatic hydroxyl groups is 1. The summed E-state index contributed by atoms with van der Waals surface area (Å²) in [7, 11) is 1.50. The van der Waals surface area contributed by atoms with Crippen LogP contribution in [0.25, 0.3) is 5.76 Å². The predicted octanol–water partition coefficient (Wildman–Crippen LogP) is 6.15. The minimum absolute atomic E-state index is 0.0167. The van der Waals surface area contributed by atoms with Gasteiger partial charge in [-0.1, -0.05) is 55.8 Å². The SMILES string of the molecule is CCOc1cccc(N2C(=O)C(=O)/C(=C(/O)c3cc(C)ccc3OC)C2c2ccc(C(C)C)cc2)c1. The fourth-order valence-electron chi connectivity index (χ4n) is 4.52. The van der Waals surface area contributed by atoms with Gasteiger partial charge in [0.15, 0.2) is 0 Å². The molecule has 3 aromatic rings. The van der Waals surface area contributed by atoms with E-state index in [9.17, 15) is 14.7 Å². The monoisotopic (exact) mass is 485 g/mol. The van der Waals surface area contributed by atoms with E-state index in [4.69, 9.17) is 9.47 Å². The van der Waals surface area contributed by atoms with Crippen molar-refractivity contribution in [1.82, 2.24) is 0 Å². The van der Waals surface area contributed by atoms with Crippen molar-refractivity contribution >= 4 is 23.1 Å². The summed E-state index contributed by atoms with van der Waals surface area (Å²) in [5.74, 6) is -0.409. The number of hydrogen-bond donors (Lipinski definition) is 1. The van der Waals surface area contributed by atoms with E-state index in [1.165, 1.54) is 12.0 Å². The van der Waals surface area contributed by atoms with Gasteiger partial charge < -0.3 is 14.6 Å². The van der Waals surface area contributed by atoms with Gasteiger partial charge in [-0.2, -0.15) is 0 Å². The zero-order valence-electron chi connectivity index (χ0n) is 21.2. The fourth-order valence-corrected chi connectivity index (χ4v) is 4.52. The lowest BCUT2D eigenvalue weighted by Gasteiger charge is -2.26. The number of Topliss-reactive ketones (excluding diaryl/α,β-unsaturated/α-hetero) is 1. The van der Waals surface area contributed by atoms with Gasteiger partial charge in [0.1, 0.15) is 17.3 Å². The molecule has 6 heteroatoms. The maximum Gasteiger partial charge on any atom is 0.300 e. The van der Waals surface area contributed by atoms with Crippen LogP contribution in [0.5, 0.6) is 11.5 Å². The standard InChI is InChI=1S/C30H31NO5/c1-6-36-23-9-7-8-22(17-23)31-27(21-13-11-20(12-14-21)18(2)3)26(29(33)30(31)34)28(32)24-16-19(4)10-15-25(24)35-5/h7-18,27,32H,6H2,1-5H3/b28-26+. The molecule has 36 heavy (non-hydrogen) atoms. The topological polar surface area (TPSA) is 76.1 Å². The van der Waals surface area contributed by atoms with E-state index in [-0.39, 0.29) is 11.3 Å². The highest BCUT2D eigenvalue weighted by molar-refractivity contribution is 6.51. The van der Waals surface area contributed by atoms with E-state index >= 15 is 0 Å². The Hall–Kier alpha value is -4.06. The van der Waals surface area contributed by atoms with Crippen LogP contribution in [-0.4, -0.2) is 30.5 Å². The molecule has 1 amide bonds. The van der Waals surface area contributed by atoms with E-state index < -0.39 is 17.7 Å². The van der Waals surface area contributed by atoms with Gasteiger partial charge in [-0.15, -0.1) is 0 Å². The Morgan fingerprint density at radius 3 is 2.39 bits per heavy atom. The molecular formula is C30H31NO5. The summed E-state index contributed by atoms with van der Waals surface area (Å²) < 4.78 is 11.1. The van der Waals surface area contributed by atoms with Crippen LogP contribution < -0.4 is 14.4 Å². The molecular weight excluding hydrogens is 454 g/mol. The molecule has 1 aliphatic rings. The van der Waals surface area contributed by atoms with Crippen LogP contribution in [-0.2, 0) is 9.59 Å². The predicted molar refractivity (Wildman–Crippen MR) is 141 cm³/mol. The van der Waals surface area contributed by atoms with Gasteiger partial charge in [0.2, 0.25) is 0 Å². The number of ether oxygens (including phenoxy) is 2. The number of aryl methyl sites for hydroxylation is 1. The molecule has 1 atom stereocenters. The number of anilines is 1. The smallest absolute Gasteiger partial charge is 0.300 e. The van der Waals surface area contributed by atoms with E-state index in [0.717, 1.165) is 11.1 Å². The lowest BCUT2D eigenvalue weighted by Crippen LogP contribution is -2.29. The number of methoxy groups -OCH3 is 1. The molecule has 0 saturated carbocycles. The summed E-state index contributed by atoms with van der Waals surface area (Å²) in [6.07, 6.45) is 0. The lowest BCUT2D eigenvalue weighted by atomic mass is 9.92. The van der Waals surface area contributed by atoms with E-state index in [0.29, 0.717) is 40.8 Å². The number of benzene rings is 3. The summed E-state index contributed by atoms with van der Waals surface area (Å²) in [6.45, 7) is 8.44. The van der Waals surface area contributed by atoms with E-state index in [1.807, 2.05) is 44.2 Å². The van der Waals surface area contributed by atoms with Crippen molar-refractivity contribution in [2.45, 2.75) is 39.7 Å². The van der Waals surface area contributed by atoms with Crippen molar-refractivity contribution in [3.8, 4) is 11.5 Å². The van der Waals surface area contributed by atoms with Crippen molar-refractivity contribution in [3.63, 3.8) is 0 Å². The molecule has 1 fully saturated rings. The normalized spacial score (nSPS) is 17.1. The minimum atomic E-state index is -0.826. The number of nitrogens with zero attached hydrogens (tertiary/aromatic N) is 1. The highest BCUT2D eigenvalue weighted by Gasteiger charge is 2.47. The van der Waals surface area contributed by atoms with Crippen LogP contribution in [0.2, 0.25) is 0 Å². The fraction of sp³-hybridized carbons (Fsp3) is 0.267. The van der Waals surface area contributed by atoms with Gasteiger partial charge in [0.05, 0.1) is 30.9 Å². The van der Waals surface area contributed by atoms with Crippen molar-refractivity contribution in [2.24, 2.45) is 0 Å². The first-order valence-electron chi connectivity index (χ1n) is 12.1. The second-order valence-corrected chi connectivity index (χ2v) is 9.12. The molecule has 186 valence electrons. The molecule has 1 heterocycles. The van der Waals surface area contributed by atoms with Crippen molar-refractivity contribution in [1.29, 1.82) is 0 Å². The van der Waals surface area contributed by atoms with Gasteiger partial charge in [-0.25, -0.2) is 0 Å². The van der Waals surface area contributed by atoms with Crippen molar-refractivity contribution < 1.29 is 24.2 Å². The zero-order valence-corrected chi connectivity index (χ0v) is 21.2. The number of hydrogen-bond acceptors (Lipinski definition) is 5.